The van der Waals surface area contributed by atoms with Crippen molar-refractivity contribution in [3.8, 4) is 11.3 Å². The average Bonchev–Trinajstić information content (AvgIpc) is 2.94. The highest BCUT2D eigenvalue weighted by atomic mass is 32.2. The van der Waals surface area contributed by atoms with Crippen LogP contribution in [0.4, 0.5) is 17.2 Å². The molecule has 2 heterocycles. The summed E-state index contributed by atoms with van der Waals surface area (Å²) in [6.07, 6.45) is 1.72. The smallest absolute Gasteiger partial charge is 0.270 e. The fourth-order valence-corrected chi connectivity index (χ4v) is 5.12. The summed E-state index contributed by atoms with van der Waals surface area (Å²) in [6.45, 7) is 0. The molecule has 0 spiro atoms. The van der Waals surface area contributed by atoms with Crippen LogP contribution in [0.1, 0.15) is 0 Å². The fraction of sp³-hybridized carbons (Fsp3) is 0. The molecule has 7 nitrogen and oxygen atoms in total. The molecule has 0 fully saturated rings. The van der Waals surface area contributed by atoms with Crippen molar-refractivity contribution in [2.75, 3.05) is 5.32 Å². The zero-order valence-electron chi connectivity index (χ0n) is 19.4. The predicted octanol–water partition coefficient (Wildman–Crippen LogP) is 7.65. The van der Waals surface area contributed by atoms with Crippen LogP contribution in [0, 0.1) is 10.1 Å². The Bertz CT molecular complexity index is 1760. The van der Waals surface area contributed by atoms with Crippen LogP contribution < -0.4 is 5.32 Å². The first-order chi connectivity index (χ1) is 18.2. The van der Waals surface area contributed by atoms with Gasteiger partial charge in [-0.05, 0) is 36.4 Å². The van der Waals surface area contributed by atoms with Crippen molar-refractivity contribution in [1.82, 2.24) is 15.2 Å². The Labute approximate surface area is 216 Å². The van der Waals surface area contributed by atoms with Gasteiger partial charge in [-0.25, -0.2) is 0 Å². The number of fused-ring (bicyclic) bond motifs is 2. The maximum Gasteiger partial charge on any atom is 0.270 e. The van der Waals surface area contributed by atoms with E-state index in [9.17, 15) is 10.1 Å². The number of pyridine rings is 1. The van der Waals surface area contributed by atoms with E-state index < -0.39 is 0 Å². The second-order valence-electron chi connectivity index (χ2n) is 8.33. The van der Waals surface area contributed by atoms with Gasteiger partial charge in [-0.15, -0.1) is 10.2 Å². The van der Waals surface area contributed by atoms with Gasteiger partial charge >= 0.3 is 0 Å². The van der Waals surface area contributed by atoms with Crippen LogP contribution in [-0.4, -0.2) is 20.1 Å². The lowest BCUT2D eigenvalue weighted by atomic mass is 10.0. The monoisotopic (exact) mass is 501 g/mol. The van der Waals surface area contributed by atoms with Crippen molar-refractivity contribution in [3.05, 3.63) is 119 Å². The number of nitro groups is 1. The maximum absolute atomic E-state index is 11.2. The summed E-state index contributed by atoms with van der Waals surface area (Å²) in [5.41, 5.74) is 3.52. The fourth-order valence-electron chi connectivity index (χ4n) is 4.19. The molecule has 0 aliphatic heterocycles. The van der Waals surface area contributed by atoms with Gasteiger partial charge in [-0.3, -0.25) is 15.1 Å². The number of hydrogen-bond acceptors (Lipinski definition) is 7. The van der Waals surface area contributed by atoms with E-state index in [2.05, 4.69) is 26.6 Å². The van der Waals surface area contributed by atoms with Gasteiger partial charge in [0.2, 0.25) is 0 Å². The molecule has 0 amide bonds. The number of hydrogen-bond donors (Lipinski definition) is 1. The summed E-state index contributed by atoms with van der Waals surface area (Å²) in [6, 6.07) is 32.7. The van der Waals surface area contributed by atoms with E-state index in [-0.39, 0.29) is 10.6 Å². The molecule has 2 aromatic heterocycles. The predicted molar refractivity (Wildman–Crippen MR) is 147 cm³/mol. The van der Waals surface area contributed by atoms with Gasteiger partial charge in [0.1, 0.15) is 5.69 Å². The number of nitrogens with zero attached hydrogens (tertiary/aromatic N) is 4. The first-order valence-electron chi connectivity index (χ1n) is 11.5. The SMILES string of the molecule is O=[N+]([O-])c1ccc2nccc(Sc3ccc(Nc4nnc(-c5ccccc5)c5ccccc45)cc3)c2c1. The summed E-state index contributed by atoms with van der Waals surface area (Å²) in [5, 5.41) is 26.4. The summed E-state index contributed by atoms with van der Waals surface area (Å²) in [4.78, 5) is 17.1. The molecule has 0 saturated heterocycles. The van der Waals surface area contributed by atoms with Gasteiger partial charge in [-0.2, -0.15) is 0 Å². The number of non-ortho nitro benzene ring substituents is 1. The Balaban J connectivity index is 1.27. The Morgan fingerprint density at radius 1 is 0.757 bits per heavy atom. The van der Waals surface area contributed by atoms with Gasteiger partial charge in [-0.1, -0.05) is 66.4 Å². The van der Waals surface area contributed by atoms with Gasteiger partial charge in [0, 0.05) is 55.5 Å². The first kappa shape index (κ1) is 22.6. The molecule has 0 unspecified atom stereocenters. The molecule has 0 bridgehead atoms. The molecule has 0 aliphatic carbocycles. The first-order valence-corrected chi connectivity index (χ1v) is 12.4. The molecule has 0 aliphatic rings. The van der Waals surface area contributed by atoms with E-state index >= 15 is 0 Å². The van der Waals surface area contributed by atoms with Gasteiger partial charge in [0.25, 0.3) is 5.69 Å². The minimum atomic E-state index is -0.389. The van der Waals surface area contributed by atoms with Gasteiger partial charge in [0.05, 0.1) is 10.4 Å². The molecular weight excluding hydrogens is 482 g/mol. The highest BCUT2D eigenvalue weighted by molar-refractivity contribution is 7.99. The van der Waals surface area contributed by atoms with Crippen molar-refractivity contribution < 1.29 is 4.92 Å². The van der Waals surface area contributed by atoms with Crippen LogP contribution in [0.2, 0.25) is 0 Å². The molecule has 0 saturated carbocycles. The Hall–Kier alpha value is -4.82. The third-order valence-corrected chi connectivity index (χ3v) is 7.06. The maximum atomic E-state index is 11.2. The van der Waals surface area contributed by atoms with E-state index in [4.69, 9.17) is 0 Å². The second kappa shape index (κ2) is 9.67. The third-order valence-electron chi connectivity index (χ3n) is 5.98. The number of rotatable bonds is 6. The summed E-state index contributed by atoms with van der Waals surface area (Å²) < 4.78 is 0. The Morgan fingerprint density at radius 3 is 2.30 bits per heavy atom. The minimum Gasteiger partial charge on any atom is -0.338 e. The molecule has 4 aromatic carbocycles. The number of nitro benzene ring substituents is 1. The zero-order valence-corrected chi connectivity index (χ0v) is 20.2. The zero-order chi connectivity index (χ0) is 25.2. The highest BCUT2D eigenvalue weighted by Crippen LogP contribution is 2.36. The Kier molecular flexibility index (Phi) is 5.92. The molecule has 0 radical (unpaired) electrons. The molecule has 1 N–H and O–H groups in total. The largest absolute Gasteiger partial charge is 0.338 e. The van der Waals surface area contributed by atoms with Crippen LogP contribution in [0.5, 0.6) is 0 Å². The Morgan fingerprint density at radius 2 is 1.51 bits per heavy atom. The minimum absolute atomic E-state index is 0.0496. The number of anilines is 2. The number of benzene rings is 4. The van der Waals surface area contributed by atoms with Gasteiger partial charge in [0.15, 0.2) is 5.82 Å². The van der Waals surface area contributed by atoms with Crippen molar-refractivity contribution in [1.29, 1.82) is 0 Å². The van der Waals surface area contributed by atoms with E-state index in [0.717, 1.165) is 48.4 Å². The van der Waals surface area contributed by atoms with Gasteiger partial charge < -0.3 is 5.32 Å². The molecule has 8 heteroatoms. The topological polar surface area (TPSA) is 93.8 Å². The van der Waals surface area contributed by atoms with Crippen LogP contribution in [0.3, 0.4) is 0 Å². The quantitative estimate of drug-likeness (QED) is 0.185. The van der Waals surface area contributed by atoms with Crippen LogP contribution in [-0.2, 0) is 0 Å². The number of aromatic nitrogens is 3. The lowest BCUT2D eigenvalue weighted by molar-refractivity contribution is -0.384. The lowest BCUT2D eigenvalue weighted by Gasteiger charge is -2.12. The van der Waals surface area contributed by atoms with Crippen molar-refractivity contribution in [2.45, 2.75) is 9.79 Å². The van der Waals surface area contributed by atoms with Crippen molar-refractivity contribution in [2.24, 2.45) is 0 Å². The molecule has 37 heavy (non-hydrogen) atoms. The third kappa shape index (κ3) is 4.57. The van der Waals surface area contributed by atoms with E-state index in [0.29, 0.717) is 5.82 Å². The average molecular weight is 502 g/mol. The summed E-state index contributed by atoms with van der Waals surface area (Å²) in [5.74, 6) is 0.683. The molecule has 178 valence electrons. The molecule has 6 rings (SSSR count). The normalized spacial score (nSPS) is 11.0. The molecule has 6 aromatic rings. The van der Waals surface area contributed by atoms with Crippen LogP contribution >= 0.6 is 11.8 Å². The number of nitrogens with one attached hydrogen (secondary N) is 1. The summed E-state index contributed by atoms with van der Waals surface area (Å²) >= 11 is 1.54. The van der Waals surface area contributed by atoms with Crippen molar-refractivity contribution in [3.63, 3.8) is 0 Å². The molecular formula is C29H19N5O2S. The summed E-state index contributed by atoms with van der Waals surface area (Å²) in [7, 11) is 0. The standard InChI is InChI=1S/C29H19N5O2S/c35-34(36)21-12-15-26-25(18-21)27(16-17-30-26)37-22-13-10-20(11-14-22)31-29-24-9-5-4-8-23(24)28(32-33-29)19-6-2-1-3-7-19/h1-18H,(H,31,33). The molecule has 0 atom stereocenters. The van der Waals surface area contributed by atoms with E-state index in [1.54, 1.807) is 18.3 Å². The van der Waals surface area contributed by atoms with E-state index in [1.165, 1.54) is 17.8 Å². The van der Waals surface area contributed by atoms with E-state index in [1.807, 2.05) is 78.9 Å². The lowest BCUT2D eigenvalue weighted by Crippen LogP contribution is -1.99. The second-order valence-corrected chi connectivity index (χ2v) is 9.44. The highest BCUT2D eigenvalue weighted by Gasteiger charge is 2.12. The van der Waals surface area contributed by atoms with Crippen LogP contribution in [0.15, 0.2) is 119 Å². The van der Waals surface area contributed by atoms with Crippen LogP contribution in [0.25, 0.3) is 32.9 Å². The van der Waals surface area contributed by atoms with Crippen molar-refractivity contribution >= 4 is 50.6 Å².